The van der Waals surface area contributed by atoms with Crippen molar-refractivity contribution >= 4 is 22.6 Å². The number of aromatic nitrogens is 2. The summed E-state index contributed by atoms with van der Waals surface area (Å²) in [6.07, 6.45) is -0.630. The number of halogens is 1. The molecule has 98 valence electrons. The third-order valence-electron chi connectivity index (χ3n) is 2.78. The van der Waals surface area contributed by atoms with Gasteiger partial charge < -0.3 is 14.4 Å². The molecule has 18 heavy (non-hydrogen) atoms. The highest BCUT2D eigenvalue weighted by Gasteiger charge is 2.16. The normalized spacial score (nSPS) is 13.1. The quantitative estimate of drug-likeness (QED) is 0.849. The van der Waals surface area contributed by atoms with E-state index in [4.69, 9.17) is 16.3 Å². The van der Waals surface area contributed by atoms with E-state index in [2.05, 4.69) is 4.98 Å². The van der Waals surface area contributed by atoms with Crippen molar-refractivity contribution in [2.45, 2.75) is 26.5 Å². The number of rotatable bonds is 5. The maximum atomic E-state index is 9.79. The van der Waals surface area contributed by atoms with Crippen LogP contribution >= 0.6 is 11.6 Å². The van der Waals surface area contributed by atoms with Gasteiger partial charge in [-0.15, -0.1) is 0 Å². The molecule has 0 aliphatic carbocycles. The van der Waals surface area contributed by atoms with E-state index in [9.17, 15) is 5.11 Å². The summed E-state index contributed by atoms with van der Waals surface area (Å²) in [5, 5.41) is 10.4. The van der Waals surface area contributed by atoms with Gasteiger partial charge in [0.2, 0.25) is 0 Å². The second-order valence-electron chi connectivity index (χ2n) is 4.10. The van der Waals surface area contributed by atoms with Crippen molar-refractivity contribution in [2.24, 2.45) is 0 Å². The van der Waals surface area contributed by atoms with Crippen molar-refractivity contribution in [3.63, 3.8) is 0 Å². The fourth-order valence-electron chi connectivity index (χ4n) is 2.01. The molecule has 0 bridgehead atoms. The first-order valence-corrected chi connectivity index (χ1v) is 6.43. The zero-order chi connectivity index (χ0) is 13.1. The van der Waals surface area contributed by atoms with Gasteiger partial charge in [-0.25, -0.2) is 4.98 Å². The van der Waals surface area contributed by atoms with Crippen LogP contribution in [-0.2, 0) is 11.3 Å². The topological polar surface area (TPSA) is 47.3 Å². The first-order valence-electron chi connectivity index (χ1n) is 6.05. The minimum Gasteiger partial charge on any atom is -0.385 e. The number of hydrogen-bond donors (Lipinski definition) is 1. The molecule has 0 aliphatic heterocycles. The first kappa shape index (κ1) is 13.3. The van der Waals surface area contributed by atoms with Gasteiger partial charge in [-0.05, 0) is 26.0 Å². The number of imidazole rings is 1. The van der Waals surface area contributed by atoms with Crippen molar-refractivity contribution < 1.29 is 9.84 Å². The van der Waals surface area contributed by atoms with E-state index in [1.54, 1.807) is 6.92 Å². The largest absolute Gasteiger partial charge is 0.385 e. The Morgan fingerprint density at radius 3 is 2.94 bits per heavy atom. The molecule has 0 saturated carbocycles. The predicted octanol–water partition coefficient (Wildman–Crippen LogP) is 2.78. The molecule has 0 unspecified atom stereocenters. The third kappa shape index (κ3) is 2.51. The molecule has 1 atom stereocenters. The summed E-state index contributed by atoms with van der Waals surface area (Å²) in [6, 6.07) is 5.58. The van der Waals surface area contributed by atoms with Crippen LogP contribution in [0, 0.1) is 0 Å². The Kier molecular flexibility index (Phi) is 4.22. The molecule has 0 saturated heterocycles. The number of fused-ring (bicyclic) bond motifs is 1. The van der Waals surface area contributed by atoms with E-state index in [-0.39, 0.29) is 0 Å². The highest BCUT2D eigenvalue weighted by atomic mass is 35.5. The van der Waals surface area contributed by atoms with Gasteiger partial charge in [0.15, 0.2) is 0 Å². The van der Waals surface area contributed by atoms with Crippen LogP contribution in [0.3, 0.4) is 0 Å². The molecule has 5 heteroatoms. The van der Waals surface area contributed by atoms with Gasteiger partial charge in [-0.3, -0.25) is 0 Å². The van der Waals surface area contributed by atoms with Crippen LogP contribution in [0.4, 0.5) is 0 Å². The highest BCUT2D eigenvalue weighted by Crippen LogP contribution is 2.26. The van der Waals surface area contributed by atoms with E-state index in [0.717, 1.165) is 11.0 Å². The molecule has 4 nitrogen and oxygen atoms in total. The van der Waals surface area contributed by atoms with Crippen LogP contribution < -0.4 is 0 Å². The fraction of sp³-hybridized carbons (Fsp3) is 0.462. The summed E-state index contributed by atoms with van der Waals surface area (Å²) in [6.45, 7) is 5.53. The zero-order valence-corrected chi connectivity index (χ0v) is 11.3. The number of aliphatic hydroxyl groups excluding tert-OH is 1. The number of benzene rings is 1. The Balaban J connectivity index is 2.47. The third-order valence-corrected chi connectivity index (χ3v) is 3.09. The Morgan fingerprint density at radius 2 is 2.28 bits per heavy atom. The SMILES string of the molecule is CCOCCn1c([C@H](C)O)nc2cccc(Cl)c21. The number of para-hydroxylation sites is 1. The maximum Gasteiger partial charge on any atom is 0.138 e. The lowest BCUT2D eigenvalue weighted by molar-refractivity contribution is 0.134. The van der Waals surface area contributed by atoms with Gasteiger partial charge in [0.1, 0.15) is 11.9 Å². The molecule has 1 aromatic carbocycles. The monoisotopic (exact) mass is 268 g/mol. The van der Waals surface area contributed by atoms with E-state index in [1.807, 2.05) is 29.7 Å². The lowest BCUT2D eigenvalue weighted by Crippen LogP contribution is -2.11. The second-order valence-corrected chi connectivity index (χ2v) is 4.51. The molecule has 0 aliphatic rings. The van der Waals surface area contributed by atoms with Crippen LogP contribution in [0.15, 0.2) is 18.2 Å². The standard InChI is InChI=1S/C13H17ClN2O2/c1-3-18-8-7-16-12-10(14)5-4-6-11(12)15-13(16)9(2)17/h4-6,9,17H,3,7-8H2,1-2H3/t9-/m0/s1. The molecule has 0 fully saturated rings. The summed E-state index contributed by atoms with van der Waals surface area (Å²) >= 11 is 6.21. The number of aliphatic hydroxyl groups is 1. The Hall–Kier alpha value is -1.10. The molecule has 2 rings (SSSR count). The molecule has 0 spiro atoms. The summed E-state index contributed by atoms with van der Waals surface area (Å²) in [5.41, 5.74) is 1.66. The summed E-state index contributed by atoms with van der Waals surface area (Å²) < 4.78 is 7.29. The molecule has 1 heterocycles. The average Bonchev–Trinajstić information content (AvgIpc) is 2.70. The lowest BCUT2D eigenvalue weighted by atomic mass is 10.3. The van der Waals surface area contributed by atoms with Gasteiger partial charge in [0.05, 0.1) is 22.7 Å². The van der Waals surface area contributed by atoms with E-state index in [0.29, 0.717) is 30.6 Å². The molecule has 0 amide bonds. The minimum atomic E-state index is -0.630. The number of nitrogens with zero attached hydrogens (tertiary/aromatic N) is 2. The predicted molar refractivity (Wildman–Crippen MR) is 71.9 cm³/mol. The fourth-order valence-corrected chi connectivity index (χ4v) is 2.28. The maximum absolute atomic E-state index is 9.79. The Morgan fingerprint density at radius 1 is 1.50 bits per heavy atom. The lowest BCUT2D eigenvalue weighted by Gasteiger charge is -2.11. The minimum absolute atomic E-state index is 0.576. The summed E-state index contributed by atoms with van der Waals surface area (Å²) in [5.74, 6) is 0.623. The zero-order valence-electron chi connectivity index (χ0n) is 10.6. The van der Waals surface area contributed by atoms with E-state index in [1.165, 1.54) is 0 Å². The van der Waals surface area contributed by atoms with Crippen LogP contribution in [0.25, 0.3) is 11.0 Å². The van der Waals surface area contributed by atoms with Crippen molar-refractivity contribution in [3.05, 3.63) is 29.0 Å². The number of ether oxygens (including phenoxy) is 1. The smallest absolute Gasteiger partial charge is 0.138 e. The summed E-state index contributed by atoms with van der Waals surface area (Å²) in [4.78, 5) is 4.42. The van der Waals surface area contributed by atoms with Crippen molar-refractivity contribution in [3.8, 4) is 0 Å². The molecule has 2 aromatic rings. The van der Waals surface area contributed by atoms with Gasteiger partial charge in [-0.1, -0.05) is 17.7 Å². The van der Waals surface area contributed by atoms with Crippen LogP contribution in [-0.4, -0.2) is 27.9 Å². The van der Waals surface area contributed by atoms with Gasteiger partial charge in [0.25, 0.3) is 0 Å². The average molecular weight is 269 g/mol. The van der Waals surface area contributed by atoms with E-state index < -0.39 is 6.10 Å². The molecular weight excluding hydrogens is 252 g/mol. The molecule has 0 radical (unpaired) electrons. The van der Waals surface area contributed by atoms with Crippen LogP contribution in [0.2, 0.25) is 5.02 Å². The summed E-state index contributed by atoms with van der Waals surface area (Å²) in [7, 11) is 0. The van der Waals surface area contributed by atoms with Crippen molar-refractivity contribution in [1.82, 2.24) is 9.55 Å². The van der Waals surface area contributed by atoms with Gasteiger partial charge in [-0.2, -0.15) is 0 Å². The van der Waals surface area contributed by atoms with Crippen molar-refractivity contribution in [2.75, 3.05) is 13.2 Å². The molecule has 1 N–H and O–H groups in total. The highest BCUT2D eigenvalue weighted by molar-refractivity contribution is 6.35. The second kappa shape index (κ2) is 5.69. The Labute approximate surface area is 111 Å². The number of hydrogen-bond acceptors (Lipinski definition) is 3. The van der Waals surface area contributed by atoms with Crippen molar-refractivity contribution in [1.29, 1.82) is 0 Å². The molecular formula is C13H17ClN2O2. The first-order chi connectivity index (χ1) is 8.65. The van der Waals surface area contributed by atoms with Crippen LogP contribution in [0.1, 0.15) is 25.8 Å². The van der Waals surface area contributed by atoms with Crippen LogP contribution in [0.5, 0.6) is 0 Å². The molecule has 1 aromatic heterocycles. The van der Waals surface area contributed by atoms with E-state index >= 15 is 0 Å². The Bertz CT molecular complexity index is 537. The van der Waals surface area contributed by atoms with Gasteiger partial charge in [0, 0.05) is 13.2 Å². The van der Waals surface area contributed by atoms with Gasteiger partial charge >= 0.3 is 0 Å².